The van der Waals surface area contributed by atoms with Crippen molar-refractivity contribution in [3.63, 3.8) is 0 Å². The number of esters is 1. The maximum absolute atomic E-state index is 10.9. The molecule has 0 aromatic heterocycles. The summed E-state index contributed by atoms with van der Waals surface area (Å²) >= 11 is 0. The van der Waals surface area contributed by atoms with Crippen molar-refractivity contribution in [1.29, 1.82) is 0 Å². The minimum atomic E-state index is -0.268. The van der Waals surface area contributed by atoms with Gasteiger partial charge in [0.25, 0.3) is 0 Å². The van der Waals surface area contributed by atoms with Crippen LogP contribution in [0.4, 0.5) is 0 Å². The van der Waals surface area contributed by atoms with Gasteiger partial charge in [0.2, 0.25) is 0 Å². The number of carbonyl (C=O) groups is 1. The number of hydrogen-bond donors (Lipinski definition) is 1. The highest BCUT2D eigenvalue weighted by Crippen LogP contribution is 2.22. The molecule has 1 aliphatic rings. The molecule has 0 amide bonds. The average Bonchev–Trinajstić information content (AvgIpc) is 2.51. The Bertz CT molecular complexity index is 184. The fourth-order valence-corrected chi connectivity index (χ4v) is 1.56. The van der Waals surface area contributed by atoms with Gasteiger partial charge in [0, 0.05) is 6.04 Å². The molecule has 0 radical (unpaired) electrons. The summed E-state index contributed by atoms with van der Waals surface area (Å²) in [7, 11) is 1.37. The Balaban J connectivity index is 2.31. The summed E-state index contributed by atoms with van der Waals surface area (Å²) in [5.74, 6) is -0.268. The van der Waals surface area contributed by atoms with Gasteiger partial charge in [-0.2, -0.15) is 0 Å². The molecule has 0 bridgehead atoms. The Hall–Kier alpha value is -0.610. The van der Waals surface area contributed by atoms with E-state index in [9.17, 15) is 4.79 Å². The Labute approximate surface area is 78.4 Å². The molecule has 1 aliphatic heterocycles. The lowest BCUT2D eigenvalue weighted by atomic mass is 10.1. The first-order valence-electron chi connectivity index (χ1n) is 4.61. The van der Waals surface area contributed by atoms with Crippen LogP contribution in [0.2, 0.25) is 0 Å². The number of nitrogens with two attached hydrogens (primary N) is 1. The molecule has 0 spiro atoms. The van der Waals surface area contributed by atoms with E-state index < -0.39 is 0 Å². The normalized spacial score (nSPS) is 30.1. The molecule has 0 aliphatic carbocycles. The van der Waals surface area contributed by atoms with Crippen LogP contribution in [0.25, 0.3) is 0 Å². The topological polar surface area (TPSA) is 61.5 Å². The van der Waals surface area contributed by atoms with Gasteiger partial charge in [-0.15, -0.1) is 0 Å². The molecular weight excluding hydrogens is 170 g/mol. The van der Waals surface area contributed by atoms with Gasteiger partial charge in [0.1, 0.15) is 0 Å². The zero-order valence-electron chi connectivity index (χ0n) is 8.16. The third kappa shape index (κ3) is 2.97. The van der Waals surface area contributed by atoms with Gasteiger partial charge in [-0.1, -0.05) is 0 Å². The second-order valence-electron chi connectivity index (χ2n) is 3.51. The molecule has 1 saturated heterocycles. The quantitative estimate of drug-likeness (QED) is 0.651. The number of carbonyl (C=O) groups excluding carboxylic acids is 1. The van der Waals surface area contributed by atoms with E-state index >= 15 is 0 Å². The van der Waals surface area contributed by atoms with Crippen LogP contribution in [-0.4, -0.2) is 31.3 Å². The summed E-state index contributed by atoms with van der Waals surface area (Å²) in [4.78, 5) is 10.9. The lowest BCUT2D eigenvalue weighted by Crippen LogP contribution is -2.36. The summed E-state index contributed by atoms with van der Waals surface area (Å²) in [5, 5.41) is 0. The van der Waals surface area contributed by atoms with E-state index in [0.29, 0.717) is 0 Å². The molecule has 2 N–H and O–H groups in total. The van der Waals surface area contributed by atoms with Gasteiger partial charge in [-0.3, -0.25) is 4.79 Å². The van der Waals surface area contributed by atoms with Gasteiger partial charge in [0.05, 0.1) is 25.7 Å². The molecule has 76 valence electrons. The van der Waals surface area contributed by atoms with E-state index in [4.69, 9.17) is 10.5 Å². The number of ether oxygens (including phenoxy) is 2. The lowest BCUT2D eigenvalue weighted by Gasteiger charge is -2.17. The second-order valence-corrected chi connectivity index (χ2v) is 3.51. The SMILES string of the molecule is COC(=O)C[C@H](N)C1CCC(C)O1. The van der Waals surface area contributed by atoms with Gasteiger partial charge >= 0.3 is 5.97 Å². The first-order chi connectivity index (χ1) is 6.13. The minimum Gasteiger partial charge on any atom is -0.469 e. The predicted octanol–water partition coefficient (Wildman–Crippen LogP) is 0.444. The molecule has 3 atom stereocenters. The van der Waals surface area contributed by atoms with E-state index in [0.717, 1.165) is 12.8 Å². The lowest BCUT2D eigenvalue weighted by molar-refractivity contribution is -0.141. The molecule has 1 heterocycles. The molecule has 1 fully saturated rings. The molecule has 0 saturated carbocycles. The summed E-state index contributed by atoms with van der Waals surface area (Å²) in [6, 6.07) is -0.225. The van der Waals surface area contributed by atoms with Crippen molar-refractivity contribution in [2.75, 3.05) is 7.11 Å². The third-order valence-corrected chi connectivity index (χ3v) is 2.37. The molecule has 2 unspecified atom stereocenters. The molecule has 4 heteroatoms. The van der Waals surface area contributed by atoms with Crippen molar-refractivity contribution in [3.8, 4) is 0 Å². The Morgan fingerprint density at radius 1 is 1.69 bits per heavy atom. The van der Waals surface area contributed by atoms with E-state index in [1.54, 1.807) is 0 Å². The molecule has 1 rings (SSSR count). The van der Waals surface area contributed by atoms with Crippen molar-refractivity contribution in [3.05, 3.63) is 0 Å². The number of rotatable bonds is 3. The van der Waals surface area contributed by atoms with E-state index in [-0.39, 0.29) is 30.6 Å². The minimum absolute atomic E-state index is 0.0223. The zero-order chi connectivity index (χ0) is 9.84. The predicted molar refractivity (Wildman–Crippen MR) is 48.2 cm³/mol. The summed E-state index contributed by atoms with van der Waals surface area (Å²) in [5.41, 5.74) is 5.79. The van der Waals surface area contributed by atoms with Gasteiger partial charge in [-0.25, -0.2) is 0 Å². The van der Waals surface area contributed by atoms with Crippen LogP contribution in [0.15, 0.2) is 0 Å². The van der Waals surface area contributed by atoms with Crippen LogP contribution >= 0.6 is 0 Å². The van der Waals surface area contributed by atoms with Crippen LogP contribution < -0.4 is 5.73 Å². The number of hydrogen-bond acceptors (Lipinski definition) is 4. The van der Waals surface area contributed by atoms with E-state index in [1.807, 2.05) is 6.92 Å². The summed E-state index contributed by atoms with van der Waals surface area (Å²) in [6.07, 6.45) is 2.51. The number of methoxy groups -OCH3 is 1. The fourth-order valence-electron chi connectivity index (χ4n) is 1.56. The highest BCUT2D eigenvalue weighted by atomic mass is 16.5. The van der Waals surface area contributed by atoms with Crippen molar-refractivity contribution in [2.45, 2.75) is 44.4 Å². The fraction of sp³-hybridized carbons (Fsp3) is 0.889. The van der Waals surface area contributed by atoms with Crippen molar-refractivity contribution in [1.82, 2.24) is 0 Å². The smallest absolute Gasteiger partial charge is 0.307 e. The highest BCUT2D eigenvalue weighted by Gasteiger charge is 2.28. The molecule has 13 heavy (non-hydrogen) atoms. The Kier molecular flexibility index (Phi) is 3.69. The second kappa shape index (κ2) is 4.58. The molecule has 0 aromatic carbocycles. The monoisotopic (exact) mass is 187 g/mol. The molecule has 0 aromatic rings. The van der Waals surface area contributed by atoms with Crippen molar-refractivity contribution in [2.24, 2.45) is 5.73 Å². The van der Waals surface area contributed by atoms with Crippen LogP contribution in [0.3, 0.4) is 0 Å². The zero-order valence-corrected chi connectivity index (χ0v) is 8.16. The maximum atomic E-state index is 10.9. The molecule has 4 nitrogen and oxygen atoms in total. The van der Waals surface area contributed by atoms with Crippen LogP contribution in [-0.2, 0) is 14.3 Å². The van der Waals surface area contributed by atoms with Crippen LogP contribution in [0.5, 0.6) is 0 Å². The van der Waals surface area contributed by atoms with Gasteiger partial charge < -0.3 is 15.2 Å². The first-order valence-corrected chi connectivity index (χ1v) is 4.61. The van der Waals surface area contributed by atoms with Gasteiger partial charge in [-0.05, 0) is 19.8 Å². The van der Waals surface area contributed by atoms with Crippen molar-refractivity contribution < 1.29 is 14.3 Å². The van der Waals surface area contributed by atoms with Gasteiger partial charge in [0.15, 0.2) is 0 Å². The Morgan fingerprint density at radius 2 is 2.38 bits per heavy atom. The summed E-state index contributed by atoms with van der Waals surface area (Å²) in [6.45, 7) is 2.02. The van der Waals surface area contributed by atoms with E-state index in [2.05, 4.69) is 4.74 Å². The maximum Gasteiger partial charge on any atom is 0.307 e. The van der Waals surface area contributed by atoms with Crippen LogP contribution in [0.1, 0.15) is 26.2 Å². The van der Waals surface area contributed by atoms with Crippen LogP contribution in [0, 0.1) is 0 Å². The standard InChI is InChI=1S/C9H17NO3/c1-6-3-4-8(13-6)7(10)5-9(11)12-2/h6-8H,3-5,10H2,1-2H3/t6?,7-,8?/m0/s1. The van der Waals surface area contributed by atoms with E-state index in [1.165, 1.54) is 7.11 Å². The Morgan fingerprint density at radius 3 is 2.85 bits per heavy atom. The summed E-state index contributed by atoms with van der Waals surface area (Å²) < 4.78 is 10.1. The third-order valence-electron chi connectivity index (χ3n) is 2.37. The van der Waals surface area contributed by atoms with Crippen molar-refractivity contribution >= 4 is 5.97 Å². The first kappa shape index (κ1) is 10.5. The molecular formula is C9H17NO3. The highest BCUT2D eigenvalue weighted by molar-refractivity contribution is 5.69. The average molecular weight is 187 g/mol. The largest absolute Gasteiger partial charge is 0.469 e.